The van der Waals surface area contributed by atoms with Gasteiger partial charge in [0.15, 0.2) is 0 Å². The van der Waals surface area contributed by atoms with Gasteiger partial charge < -0.3 is 9.84 Å². The second-order valence-corrected chi connectivity index (χ2v) is 5.67. The summed E-state index contributed by atoms with van der Waals surface area (Å²) in [6.07, 6.45) is 0. The van der Waals surface area contributed by atoms with E-state index in [1.807, 2.05) is 43.3 Å². The van der Waals surface area contributed by atoms with E-state index in [0.717, 1.165) is 26.0 Å². The van der Waals surface area contributed by atoms with Gasteiger partial charge in [0.25, 0.3) is 0 Å². The van der Waals surface area contributed by atoms with Crippen LogP contribution in [-0.2, 0) is 6.61 Å². The topological polar surface area (TPSA) is 29.5 Å². The number of hydrogen-bond donors (Lipinski definition) is 1. The van der Waals surface area contributed by atoms with Gasteiger partial charge in [-0.05, 0) is 74.2 Å². The number of benzene rings is 2. The van der Waals surface area contributed by atoms with Gasteiger partial charge in [-0.1, -0.05) is 12.1 Å². The van der Waals surface area contributed by atoms with Crippen molar-refractivity contribution in [1.82, 2.24) is 0 Å². The van der Waals surface area contributed by atoms with Crippen molar-refractivity contribution in [1.29, 1.82) is 0 Å². The highest BCUT2D eigenvalue weighted by atomic mass is 79.9. The van der Waals surface area contributed by atoms with E-state index in [0.29, 0.717) is 0 Å². The van der Waals surface area contributed by atoms with Crippen molar-refractivity contribution in [3.05, 3.63) is 56.5 Å². The molecule has 0 atom stereocenters. The number of aryl methyl sites for hydroxylation is 1. The Balaban J connectivity index is 2.28. The summed E-state index contributed by atoms with van der Waals surface area (Å²) >= 11 is 6.91. The molecular weight excluding hydrogens is 360 g/mol. The van der Waals surface area contributed by atoms with Gasteiger partial charge in [0, 0.05) is 0 Å². The molecule has 2 aromatic rings. The first-order valence-corrected chi connectivity index (χ1v) is 7.02. The van der Waals surface area contributed by atoms with Gasteiger partial charge in [0.1, 0.15) is 11.5 Å². The van der Waals surface area contributed by atoms with E-state index in [1.165, 1.54) is 5.56 Å². The number of rotatable bonds is 3. The van der Waals surface area contributed by atoms with Crippen LogP contribution in [0.4, 0.5) is 0 Å². The van der Waals surface area contributed by atoms with E-state index in [-0.39, 0.29) is 6.61 Å². The first kappa shape index (κ1) is 13.6. The van der Waals surface area contributed by atoms with Crippen LogP contribution in [0.15, 0.2) is 45.3 Å². The Morgan fingerprint density at radius 3 is 2.17 bits per heavy atom. The van der Waals surface area contributed by atoms with Crippen molar-refractivity contribution in [3.8, 4) is 11.5 Å². The second kappa shape index (κ2) is 5.87. The summed E-state index contributed by atoms with van der Waals surface area (Å²) < 4.78 is 7.56. The van der Waals surface area contributed by atoms with E-state index < -0.39 is 0 Å². The number of ether oxygens (including phenoxy) is 1. The van der Waals surface area contributed by atoms with Crippen LogP contribution in [0.5, 0.6) is 11.5 Å². The summed E-state index contributed by atoms with van der Waals surface area (Å²) in [5.41, 5.74) is 2.01. The van der Waals surface area contributed by atoms with Crippen molar-refractivity contribution in [2.45, 2.75) is 13.5 Å². The van der Waals surface area contributed by atoms with Crippen LogP contribution in [-0.4, -0.2) is 5.11 Å². The zero-order chi connectivity index (χ0) is 13.1. The first-order chi connectivity index (χ1) is 8.60. The lowest BCUT2D eigenvalue weighted by Gasteiger charge is -2.10. The monoisotopic (exact) mass is 370 g/mol. The Kier molecular flexibility index (Phi) is 4.43. The van der Waals surface area contributed by atoms with Crippen molar-refractivity contribution >= 4 is 31.9 Å². The minimum Gasteiger partial charge on any atom is -0.455 e. The lowest BCUT2D eigenvalue weighted by Crippen LogP contribution is -1.89. The molecule has 0 radical (unpaired) electrons. The molecule has 0 fully saturated rings. The maximum atomic E-state index is 9.05. The standard InChI is InChI=1S/C14H12Br2O2/c1-9-2-4-13(11(15)6-9)18-14-5-3-10(8-17)7-12(14)16/h2-7,17H,8H2,1H3. The summed E-state index contributed by atoms with van der Waals surface area (Å²) in [5, 5.41) is 9.05. The quantitative estimate of drug-likeness (QED) is 0.839. The zero-order valence-electron chi connectivity index (χ0n) is 9.78. The Morgan fingerprint density at radius 1 is 1.00 bits per heavy atom. The smallest absolute Gasteiger partial charge is 0.141 e. The molecule has 0 spiro atoms. The summed E-state index contributed by atoms with van der Waals surface area (Å²) in [7, 11) is 0. The predicted molar refractivity (Wildman–Crippen MR) is 79.0 cm³/mol. The largest absolute Gasteiger partial charge is 0.455 e. The van der Waals surface area contributed by atoms with Crippen molar-refractivity contribution in [2.75, 3.05) is 0 Å². The Bertz CT molecular complexity index is 568. The molecule has 0 aliphatic rings. The van der Waals surface area contributed by atoms with E-state index >= 15 is 0 Å². The van der Waals surface area contributed by atoms with E-state index in [9.17, 15) is 0 Å². The summed E-state index contributed by atoms with van der Waals surface area (Å²) in [4.78, 5) is 0. The van der Waals surface area contributed by atoms with Crippen LogP contribution < -0.4 is 4.74 Å². The minimum absolute atomic E-state index is 0.0209. The zero-order valence-corrected chi connectivity index (χ0v) is 13.0. The summed E-state index contributed by atoms with van der Waals surface area (Å²) in [5.74, 6) is 1.48. The minimum atomic E-state index is 0.0209. The van der Waals surface area contributed by atoms with Gasteiger partial charge in [-0.3, -0.25) is 0 Å². The SMILES string of the molecule is Cc1ccc(Oc2ccc(CO)cc2Br)c(Br)c1. The first-order valence-electron chi connectivity index (χ1n) is 5.43. The van der Waals surface area contributed by atoms with Gasteiger partial charge in [-0.15, -0.1) is 0 Å². The molecule has 1 N–H and O–H groups in total. The molecule has 0 unspecified atom stereocenters. The molecule has 0 saturated carbocycles. The van der Waals surface area contributed by atoms with Gasteiger partial charge in [0.05, 0.1) is 15.6 Å². The fourth-order valence-electron chi connectivity index (χ4n) is 1.53. The highest BCUT2D eigenvalue weighted by molar-refractivity contribution is 9.11. The molecule has 0 saturated heterocycles. The normalized spacial score (nSPS) is 10.4. The van der Waals surface area contributed by atoms with Crippen LogP contribution >= 0.6 is 31.9 Å². The lowest BCUT2D eigenvalue weighted by atomic mass is 10.2. The highest BCUT2D eigenvalue weighted by Gasteiger charge is 2.07. The molecule has 2 aromatic carbocycles. The number of hydrogen-bond acceptors (Lipinski definition) is 2. The maximum absolute atomic E-state index is 9.05. The molecule has 0 heterocycles. The van der Waals surface area contributed by atoms with E-state index in [2.05, 4.69) is 31.9 Å². The van der Waals surface area contributed by atoms with Crippen LogP contribution in [0.3, 0.4) is 0 Å². The number of halogens is 2. The average Bonchev–Trinajstić information content (AvgIpc) is 2.34. The fraction of sp³-hybridized carbons (Fsp3) is 0.143. The van der Waals surface area contributed by atoms with Gasteiger partial charge in [0.2, 0.25) is 0 Å². The predicted octanol–water partition coefficient (Wildman–Crippen LogP) is 4.80. The number of aliphatic hydroxyl groups is 1. The molecule has 0 aliphatic carbocycles. The molecule has 18 heavy (non-hydrogen) atoms. The maximum Gasteiger partial charge on any atom is 0.141 e. The van der Waals surface area contributed by atoms with Crippen LogP contribution in [0.25, 0.3) is 0 Å². The Labute approximate surface area is 123 Å². The van der Waals surface area contributed by atoms with Gasteiger partial charge in [-0.25, -0.2) is 0 Å². The molecule has 0 aliphatic heterocycles. The van der Waals surface area contributed by atoms with Crippen LogP contribution in [0, 0.1) is 6.92 Å². The Hall–Kier alpha value is -0.840. The second-order valence-electron chi connectivity index (χ2n) is 3.96. The molecule has 4 heteroatoms. The van der Waals surface area contributed by atoms with E-state index in [4.69, 9.17) is 9.84 Å². The average molecular weight is 372 g/mol. The summed E-state index contributed by atoms with van der Waals surface area (Å²) in [6, 6.07) is 11.4. The fourth-order valence-corrected chi connectivity index (χ4v) is 2.61. The molecule has 94 valence electrons. The van der Waals surface area contributed by atoms with Gasteiger partial charge in [-0.2, -0.15) is 0 Å². The van der Waals surface area contributed by atoms with Crippen molar-refractivity contribution in [2.24, 2.45) is 0 Å². The molecule has 0 aromatic heterocycles. The highest BCUT2D eigenvalue weighted by Crippen LogP contribution is 2.34. The molecule has 0 amide bonds. The lowest BCUT2D eigenvalue weighted by molar-refractivity contribution is 0.281. The summed E-state index contributed by atoms with van der Waals surface area (Å²) in [6.45, 7) is 2.05. The molecular formula is C14H12Br2O2. The van der Waals surface area contributed by atoms with E-state index in [1.54, 1.807) is 0 Å². The molecule has 2 rings (SSSR count). The number of aliphatic hydroxyl groups excluding tert-OH is 1. The third-order valence-electron chi connectivity index (χ3n) is 2.49. The van der Waals surface area contributed by atoms with Crippen LogP contribution in [0.2, 0.25) is 0 Å². The third-order valence-corrected chi connectivity index (χ3v) is 3.73. The third kappa shape index (κ3) is 3.13. The molecule has 2 nitrogen and oxygen atoms in total. The molecule has 0 bridgehead atoms. The van der Waals surface area contributed by atoms with Crippen molar-refractivity contribution in [3.63, 3.8) is 0 Å². The van der Waals surface area contributed by atoms with Crippen LogP contribution in [0.1, 0.15) is 11.1 Å². The van der Waals surface area contributed by atoms with Gasteiger partial charge >= 0.3 is 0 Å². The van der Waals surface area contributed by atoms with Crippen molar-refractivity contribution < 1.29 is 9.84 Å². The Morgan fingerprint density at radius 2 is 1.61 bits per heavy atom.